The molecule has 32 heavy (non-hydrogen) atoms. The number of carbonyl (C=O) groups is 1. The first-order valence-corrected chi connectivity index (χ1v) is 13.1. The van der Waals surface area contributed by atoms with Crippen molar-refractivity contribution in [2.75, 3.05) is 37.6 Å². The molecule has 3 aliphatic rings. The van der Waals surface area contributed by atoms with Crippen molar-refractivity contribution >= 4 is 11.5 Å². The van der Waals surface area contributed by atoms with Gasteiger partial charge in [0.15, 0.2) is 0 Å². The summed E-state index contributed by atoms with van der Waals surface area (Å²) in [5.41, 5.74) is 0.753. The Balaban J connectivity index is 1.05. The Morgan fingerprint density at radius 3 is 2.22 bits per heavy atom. The van der Waals surface area contributed by atoms with Crippen LogP contribution in [0.4, 0.5) is 10.1 Å². The van der Waals surface area contributed by atoms with Crippen molar-refractivity contribution in [1.82, 2.24) is 4.90 Å². The predicted octanol–water partition coefficient (Wildman–Crippen LogP) is 6.24. The lowest BCUT2D eigenvalue weighted by molar-refractivity contribution is -0.120. The Hall–Kier alpha value is -1.68. The zero-order valence-electron chi connectivity index (χ0n) is 19.7. The Morgan fingerprint density at radius 1 is 0.875 bits per heavy atom. The van der Waals surface area contributed by atoms with Gasteiger partial charge >= 0.3 is 0 Å². The number of ketones is 1. The van der Waals surface area contributed by atoms with Crippen LogP contribution < -0.4 is 4.90 Å². The molecule has 2 aliphatic carbocycles. The van der Waals surface area contributed by atoms with Crippen LogP contribution in [0, 0.1) is 23.6 Å². The molecular weight excluding hydrogens is 399 g/mol. The van der Waals surface area contributed by atoms with E-state index < -0.39 is 0 Å². The largest absolute Gasteiger partial charge is 0.367 e. The molecule has 2 fully saturated rings. The minimum absolute atomic E-state index is 0.104. The van der Waals surface area contributed by atoms with E-state index >= 15 is 0 Å². The summed E-state index contributed by atoms with van der Waals surface area (Å²) in [4.78, 5) is 16.9. The van der Waals surface area contributed by atoms with Crippen LogP contribution in [0.3, 0.4) is 0 Å². The number of hydrogen-bond acceptors (Lipinski definition) is 3. The first-order valence-electron chi connectivity index (χ1n) is 13.1. The standard InChI is InChI=1S/C28H41FN2O/c29-27-10-3-4-11-28(27)31-20-18-30(19-21-31)17-16-24-14-12-23(13-15-24)8-5-9-26(32)22-25-6-1-2-7-25/h1-4,10-11,23-25H,5-9,12-22H2. The third-order valence-corrected chi connectivity index (χ3v) is 8.08. The maximum Gasteiger partial charge on any atom is 0.146 e. The number of hydrogen-bond donors (Lipinski definition) is 0. The fourth-order valence-electron chi connectivity index (χ4n) is 5.95. The number of halogens is 1. The number of anilines is 1. The molecule has 0 bridgehead atoms. The molecule has 1 heterocycles. The molecule has 1 saturated carbocycles. The Labute approximate surface area is 194 Å². The van der Waals surface area contributed by atoms with Crippen molar-refractivity contribution in [3.8, 4) is 0 Å². The second kappa shape index (κ2) is 12.0. The van der Waals surface area contributed by atoms with Gasteiger partial charge in [-0.05, 0) is 62.1 Å². The summed E-state index contributed by atoms with van der Waals surface area (Å²) < 4.78 is 14.0. The summed E-state index contributed by atoms with van der Waals surface area (Å²) in [6.45, 7) is 5.10. The number of allylic oxidation sites excluding steroid dienone is 2. The molecule has 0 atom stereocenters. The van der Waals surface area contributed by atoms with Gasteiger partial charge < -0.3 is 4.90 Å². The number of nitrogens with zero attached hydrogens (tertiary/aromatic N) is 2. The molecule has 0 radical (unpaired) electrons. The van der Waals surface area contributed by atoms with Gasteiger partial charge in [-0.15, -0.1) is 0 Å². The molecule has 4 heteroatoms. The molecule has 0 aromatic heterocycles. The average molecular weight is 441 g/mol. The zero-order valence-corrected chi connectivity index (χ0v) is 19.7. The molecule has 1 saturated heterocycles. The van der Waals surface area contributed by atoms with E-state index in [1.165, 1.54) is 45.1 Å². The maximum absolute atomic E-state index is 14.0. The third-order valence-electron chi connectivity index (χ3n) is 8.08. The maximum atomic E-state index is 14.0. The molecule has 0 unspecified atom stereocenters. The van der Waals surface area contributed by atoms with Crippen molar-refractivity contribution in [2.45, 2.75) is 70.6 Å². The van der Waals surface area contributed by atoms with Crippen LogP contribution in [0.15, 0.2) is 36.4 Å². The second-order valence-corrected chi connectivity index (χ2v) is 10.4. The highest BCUT2D eigenvalue weighted by molar-refractivity contribution is 5.78. The highest BCUT2D eigenvalue weighted by Crippen LogP contribution is 2.34. The molecule has 0 spiro atoms. The van der Waals surface area contributed by atoms with Gasteiger partial charge in [-0.2, -0.15) is 0 Å². The van der Waals surface area contributed by atoms with E-state index in [1.54, 1.807) is 12.1 Å². The lowest BCUT2D eigenvalue weighted by atomic mass is 9.78. The molecule has 1 aliphatic heterocycles. The molecule has 176 valence electrons. The summed E-state index contributed by atoms with van der Waals surface area (Å²) in [6, 6.07) is 7.14. The highest BCUT2D eigenvalue weighted by Gasteiger charge is 2.24. The number of para-hydroxylation sites is 1. The number of piperazine rings is 1. The van der Waals surface area contributed by atoms with Crippen molar-refractivity contribution in [3.63, 3.8) is 0 Å². The minimum Gasteiger partial charge on any atom is -0.367 e. The van der Waals surface area contributed by atoms with Gasteiger partial charge in [0.1, 0.15) is 11.6 Å². The quantitative estimate of drug-likeness (QED) is 0.402. The van der Waals surface area contributed by atoms with Crippen molar-refractivity contribution in [2.24, 2.45) is 17.8 Å². The van der Waals surface area contributed by atoms with Crippen LogP contribution >= 0.6 is 0 Å². The Bertz CT molecular complexity index is 740. The van der Waals surface area contributed by atoms with Crippen molar-refractivity contribution in [1.29, 1.82) is 0 Å². The molecule has 3 nitrogen and oxygen atoms in total. The van der Waals surface area contributed by atoms with Crippen LogP contribution in [-0.4, -0.2) is 43.4 Å². The zero-order chi connectivity index (χ0) is 22.2. The summed E-state index contributed by atoms with van der Waals surface area (Å²) in [5, 5.41) is 0. The van der Waals surface area contributed by atoms with Crippen LogP contribution in [0.1, 0.15) is 70.6 Å². The second-order valence-electron chi connectivity index (χ2n) is 10.4. The molecular formula is C28H41FN2O. The first kappa shape index (κ1) is 23.5. The average Bonchev–Trinajstić information content (AvgIpc) is 3.32. The van der Waals surface area contributed by atoms with Gasteiger partial charge in [-0.3, -0.25) is 9.69 Å². The minimum atomic E-state index is -0.104. The lowest BCUT2D eigenvalue weighted by Gasteiger charge is -2.37. The molecule has 1 aromatic rings. The van der Waals surface area contributed by atoms with Crippen LogP contribution in [0.2, 0.25) is 0 Å². The fourth-order valence-corrected chi connectivity index (χ4v) is 5.95. The first-order chi connectivity index (χ1) is 15.7. The molecule has 0 N–H and O–H groups in total. The summed E-state index contributed by atoms with van der Waals surface area (Å²) in [6.07, 6.45) is 17.4. The van der Waals surface area contributed by atoms with E-state index in [0.717, 1.165) is 75.8 Å². The van der Waals surface area contributed by atoms with Gasteiger partial charge in [-0.1, -0.05) is 56.4 Å². The Kier molecular flexibility index (Phi) is 8.78. The normalized spacial score (nSPS) is 24.8. The van der Waals surface area contributed by atoms with E-state index in [0.29, 0.717) is 11.7 Å². The number of rotatable bonds is 10. The topological polar surface area (TPSA) is 23.6 Å². The van der Waals surface area contributed by atoms with E-state index in [1.807, 2.05) is 12.1 Å². The van der Waals surface area contributed by atoms with Crippen molar-refractivity contribution in [3.05, 3.63) is 42.2 Å². The number of carbonyl (C=O) groups excluding carboxylic acids is 1. The highest BCUT2D eigenvalue weighted by atomic mass is 19.1. The monoisotopic (exact) mass is 440 g/mol. The predicted molar refractivity (Wildman–Crippen MR) is 130 cm³/mol. The van der Waals surface area contributed by atoms with E-state index in [4.69, 9.17) is 0 Å². The number of Topliss-reactive ketones (excluding diaryl/α,β-unsaturated/α-hetero) is 1. The summed E-state index contributed by atoms with van der Waals surface area (Å²) in [7, 11) is 0. The van der Waals surface area contributed by atoms with E-state index in [-0.39, 0.29) is 5.82 Å². The number of benzene rings is 1. The summed E-state index contributed by atoms with van der Waals surface area (Å²) >= 11 is 0. The van der Waals surface area contributed by atoms with Crippen LogP contribution in [-0.2, 0) is 4.79 Å². The van der Waals surface area contributed by atoms with Gasteiger partial charge in [-0.25, -0.2) is 4.39 Å². The fraction of sp³-hybridized carbons (Fsp3) is 0.679. The smallest absolute Gasteiger partial charge is 0.146 e. The Morgan fingerprint density at radius 2 is 1.53 bits per heavy atom. The van der Waals surface area contributed by atoms with Gasteiger partial charge in [0.2, 0.25) is 0 Å². The molecule has 0 amide bonds. The molecule has 1 aromatic carbocycles. The summed E-state index contributed by atoms with van der Waals surface area (Å²) in [5.74, 6) is 2.69. The van der Waals surface area contributed by atoms with Crippen molar-refractivity contribution < 1.29 is 9.18 Å². The van der Waals surface area contributed by atoms with Gasteiger partial charge in [0.25, 0.3) is 0 Å². The van der Waals surface area contributed by atoms with Crippen LogP contribution in [0.5, 0.6) is 0 Å². The van der Waals surface area contributed by atoms with Gasteiger partial charge in [0, 0.05) is 39.0 Å². The lowest BCUT2D eigenvalue weighted by Crippen LogP contribution is -2.47. The van der Waals surface area contributed by atoms with E-state index in [2.05, 4.69) is 22.0 Å². The van der Waals surface area contributed by atoms with Crippen LogP contribution in [0.25, 0.3) is 0 Å². The van der Waals surface area contributed by atoms with E-state index in [9.17, 15) is 9.18 Å². The SMILES string of the molecule is O=C(CCCC1CCC(CCN2CCN(c3ccccc3F)CC2)CC1)CC1CC=CC1. The third kappa shape index (κ3) is 6.91. The molecule has 4 rings (SSSR count). The van der Waals surface area contributed by atoms with Gasteiger partial charge in [0.05, 0.1) is 5.69 Å².